The first-order valence-electron chi connectivity index (χ1n) is 7.77. The first-order valence-corrected chi connectivity index (χ1v) is 8.71. The highest BCUT2D eigenvalue weighted by Gasteiger charge is 2.14. The van der Waals surface area contributed by atoms with Gasteiger partial charge in [0.1, 0.15) is 0 Å². The van der Waals surface area contributed by atoms with Gasteiger partial charge in [0.2, 0.25) is 17.7 Å². The molecular formula is C18H19N3O2S. The highest BCUT2D eigenvalue weighted by molar-refractivity contribution is 7.08. The van der Waals surface area contributed by atoms with Gasteiger partial charge in [-0.25, -0.2) is 0 Å². The molecule has 0 spiro atoms. The predicted octanol–water partition coefficient (Wildman–Crippen LogP) is 3.70. The van der Waals surface area contributed by atoms with Crippen molar-refractivity contribution in [1.29, 1.82) is 0 Å². The van der Waals surface area contributed by atoms with E-state index < -0.39 is 0 Å². The van der Waals surface area contributed by atoms with Gasteiger partial charge in [-0.1, -0.05) is 24.3 Å². The van der Waals surface area contributed by atoms with E-state index in [4.69, 9.17) is 4.42 Å². The second-order valence-electron chi connectivity index (χ2n) is 5.69. The number of hydrogen-bond donors (Lipinski definition) is 0. The number of aromatic nitrogens is 2. The van der Waals surface area contributed by atoms with Crippen molar-refractivity contribution in [3.05, 3.63) is 58.1 Å². The summed E-state index contributed by atoms with van der Waals surface area (Å²) >= 11 is 1.58. The van der Waals surface area contributed by atoms with Crippen LogP contribution in [-0.2, 0) is 17.8 Å². The minimum Gasteiger partial charge on any atom is -0.421 e. The van der Waals surface area contributed by atoms with Crippen LogP contribution < -0.4 is 0 Å². The summed E-state index contributed by atoms with van der Waals surface area (Å²) in [5.41, 5.74) is 3.27. The lowest BCUT2D eigenvalue weighted by molar-refractivity contribution is -0.130. The maximum atomic E-state index is 12.3. The minimum atomic E-state index is 0.0635. The lowest BCUT2D eigenvalue weighted by atomic mass is 10.1. The Morgan fingerprint density at radius 3 is 2.83 bits per heavy atom. The number of aryl methyl sites for hydroxylation is 2. The van der Waals surface area contributed by atoms with Crippen molar-refractivity contribution >= 4 is 17.2 Å². The Labute approximate surface area is 144 Å². The van der Waals surface area contributed by atoms with Gasteiger partial charge in [0.05, 0.1) is 0 Å². The number of rotatable bonds is 6. The SMILES string of the molecule is Cc1ccccc1CN(C)C(=O)CCc1nnc(-c2ccsc2)o1. The van der Waals surface area contributed by atoms with E-state index in [2.05, 4.69) is 23.2 Å². The third kappa shape index (κ3) is 3.89. The molecule has 0 N–H and O–H groups in total. The van der Waals surface area contributed by atoms with Crippen LogP contribution in [0.3, 0.4) is 0 Å². The van der Waals surface area contributed by atoms with E-state index in [-0.39, 0.29) is 5.91 Å². The molecule has 0 saturated carbocycles. The lowest BCUT2D eigenvalue weighted by Gasteiger charge is -2.18. The second-order valence-corrected chi connectivity index (χ2v) is 6.47. The Bertz CT molecular complexity index is 811. The molecule has 0 fully saturated rings. The summed E-state index contributed by atoms with van der Waals surface area (Å²) < 4.78 is 5.61. The first kappa shape index (κ1) is 16.4. The zero-order valence-corrected chi connectivity index (χ0v) is 14.5. The maximum absolute atomic E-state index is 12.3. The van der Waals surface area contributed by atoms with Crippen LogP contribution in [0.25, 0.3) is 11.5 Å². The summed E-state index contributed by atoms with van der Waals surface area (Å²) in [5.74, 6) is 1.06. The van der Waals surface area contributed by atoms with Crippen molar-refractivity contribution in [2.24, 2.45) is 0 Å². The third-order valence-corrected chi connectivity index (χ3v) is 4.57. The van der Waals surface area contributed by atoms with Crippen molar-refractivity contribution in [2.45, 2.75) is 26.3 Å². The fourth-order valence-corrected chi connectivity index (χ4v) is 3.02. The molecule has 2 heterocycles. The van der Waals surface area contributed by atoms with Gasteiger partial charge >= 0.3 is 0 Å². The number of nitrogens with zero attached hydrogens (tertiary/aromatic N) is 3. The molecule has 3 aromatic rings. The summed E-state index contributed by atoms with van der Waals surface area (Å²) in [5, 5.41) is 12.0. The van der Waals surface area contributed by atoms with Crippen LogP contribution in [0.5, 0.6) is 0 Å². The molecule has 6 heteroatoms. The zero-order valence-electron chi connectivity index (χ0n) is 13.7. The van der Waals surface area contributed by atoms with Gasteiger partial charge in [0.25, 0.3) is 0 Å². The summed E-state index contributed by atoms with van der Waals surface area (Å²) in [6.07, 6.45) is 0.807. The highest BCUT2D eigenvalue weighted by Crippen LogP contribution is 2.21. The maximum Gasteiger partial charge on any atom is 0.248 e. The molecule has 2 aromatic heterocycles. The fourth-order valence-electron chi connectivity index (χ4n) is 2.39. The topological polar surface area (TPSA) is 59.2 Å². The molecule has 1 aromatic carbocycles. The zero-order chi connectivity index (χ0) is 16.9. The monoisotopic (exact) mass is 341 g/mol. The van der Waals surface area contributed by atoms with Gasteiger partial charge in [-0.2, -0.15) is 11.3 Å². The van der Waals surface area contributed by atoms with E-state index in [1.807, 2.05) is 42.1 Å². The first-order chi connectivity index (χ1) is 11.6. The quantitative estimate of drug-likeness (QED) is 0.686. The molecule has 0 unspecified atom stereocenters. The Morgan fingerprint density at radius 2 is 2.08 bits per heavy atom. The number of thiophene rings is 1. The van der Waals surface area contributed by atoms with Gasteiger partial charge < -0.3 is 9.32 Å². The van der Waals surface area contributed by atoms with Crippen LogP contribution in [0.4, 0.5) is 0 Å². The smallest absolute Gasteiger partial charge is 0.248 e. The van der Waals surface area contributed by atoms with Gasteiger partial charge in [-0.15, -0.1) is 10.2 Å². The molecule has 24 heavy (non-hydrogen) atoms. The average Bonchev–Trinajstić information content (AvgIpc) is 3.25. The van der Waals surface area contributed by atoms with E-state index in [0.29, 0.717) is 31.2 Å². The number of carbonyl (C=O) groups is 1. The Kier molecular flexibility index (Phi) is 5.05. The molecule has 0 saturated heterocycles. The molecule has 0 atom stereocenters. The van der Waals surface area contributed by atoms with E-state index in [0.717, 1.165) is 11.1 Å². The van der Waals surface area contributed by atoms with E-state index in [1.54, 1.807) is 16.2 Å². The van der Waals surface area contributed by atoms with Crippen LogP contribution >= 0.6 is 11.3 Å². The summed E-state index contributed by atoms with van der Waals surface area (Å²) in [6.45, 7) is 2.66. The van der Waals surface area contributed by atoms with Crippen molar-refractivity contribution in [1.82, 2.24) is 15.1 Å². The van der Waals surface area contributed by atoms with E-state index in [9.17, 15) is 4.79 Å². The number of benzene rings is 1. The van der Waals surface area contributed by atoms with Gasteiger partial charge in [0.15, 0.2) is 0 Å². The Hall–Kier alpha value is -2.47. The second kappa shape index (κ2) is 7.40. The van der Waals surface area contributed by atoms with Crippen LogP contribution in [0.2, 0.25) is 0 Å². The van der Waals surface area contributed by atoms with Crippen LogP contribution in [0.1, 0.15) is 23.4 Å². The molecule has 0 radical (unpaired) electrons. The van der Waals surface area contributed by atoms with Gasteiger partial charge in [0, 0.05) is 37.4 Å². The molecule has 3 rings (SSSR count). The van der Waals surface area contributed by atoms with Crippen molar-refractivity contribution < 1.29 is 9.21 Å². The van der Waals surface area contributed by atoms with Crippen LogP contribution in [0.15, 0.2) is 45.5 Å². The minimum absolute atomic E-state index is 0.0635. The number of carbonyl (C=O) groups excluding carboxylic acids is 1. The largest absolute Gasteiger partial charge is 0.421 e. The summed E-state index contributed by atoms with van der Waals surface area (Å²) in [4.78, 5) is 14.0. The van der Waals surface area contributed by atoms with E-state index in [1.165, 1.54) is 5.56 Å². The fraction of sp³-hybridized carbons (Fsp3) is 0.278. The predicted molar refractivity (Wildman–Crippen MR) is 93.6 cm³/mol. The Balaban J connectivity index is 1.54. The Morgan fingerprint density at radius 1 is 1.25 bits per heavy atom. The summed E-state index contributed by atoms with van der Waals surface area (Å²) in [7, 11) is 1.82. The molecular weight excluding hydrogens is 322 g/mol. The molecule has 1 amide bonds. The molecule has 0 bridgehead atoms. The molecule has 0 aliphatic heterocycles. The molecule has 5 nitrogen and oxygen atoms in total. The van der Waals surface area contributed by atoms with E-state index >= 15 is 0 Å². The standard InChI is InChI=1S/C18H19N3O2S/c1-13-5-3-4-6-14(13)11-21(2)17(22)8-7-16-19-20-18(23-16)15-9-10-24-12-15/h3-6,9-10,12H,7-8,11H2,1-2H3. The van der Waals surface area contributed by atoms with Crippen molar-refractivity contribution in [2.75, 3.05) is 7.05 Å². The number of hydrogen-bond acceptors (Lipinski definition) is 5. The van der Waals surface area contributed by atoms with Gasteiger partial charge in [-0.3, -0.25) is 4.79 Å². The van der Waals surface area contributed by atoms with Crippen LogP contribution in [-0.4, -0.2) is 28.1 Å². The molecule has 0 aliphatic carbocycles. The normalized spacial score (nSPS) is 10.8. The lowest BCUT2D eigenvalue weighted by Crippen LogP contribution is -2.26. The average molecular weight is 341 g/mol. The van der Waals surface area contributed by atoms with Gasteiger partial charge in [-0.05, 0) is 29.5 Å². The molecule has 0 aliphatic rings. The third-order valence-electron chi connectivity index (χ3n) is 3.88. The molecule has 124 valence electrons. The van der Waals surface area contributed by atoms with Crippen molar-refractivity contribution in [3.63, 3.8) is 0 Å². The summed E-state index contributed by atoms with van der Waals surface area (Å²) in [6, 6.07) is 10.0. The van der Waals surface area contributed by atoms with Crippen molar-refractivity contribution in [3.8, 4) is 11.5 Å². The highest BCUT2D eigenvalue weighted by atomic mass is 32.1. The van der Waals surface area contributed by atoms with Crippen LogP contribution in [0, 0.1) is 6.92 Å². The number of amides is 1.